The minimum absolute atomic E-state index is 0.0121. The van der Waals surface area contributed by atoms with Crippen molar-refractivity contribution in [2.45, 2.75) is 115 Å². The monoisotopic (exact) mass is 318 g/mol. The lowest BCUT2D eigenvalue weighted by Gasteiger charge is -2.11. The van der Waals surface area contributed by atoms with Crippen LogP contribution in [0.4, 0.5) is 0 Å². The van der Waals surface area contributed by atoms with Crippen LogP contribution in [0, 0.1) is 0 Å². The number of hydrogen-bond acceptors (Lipinski definition) is 1. The normalized spacial score (nSPS) is 14.2. The molecule has 0 aromatic carbocycles. The molecule has 0 amide bonds. The van der Waals surface area contributed by atoms with Crippen molar-refractivity contribution in [3.8, 4) is 0 Å². The van der Waals surface area contributed by atoms with E-state index in [0.717, 1.165) is 25.7 Å². The van der Waals surface area contributed by atoms with Crippen LogP contribution in [0.3, 0.4) is 0 Å². The molecule has 0 radical (unpaired) electrons. The molecule has 0 saturated heterocycles. The number of rotatable bonds is 16. The minimum atomic E-state index is -1.62. The Morgan fingerprint density at radius 3 is 1.48 bits per heavy atom. The van der Waals surface area contributed by atoms with E-state index in [1.165, 1.54) is 70.6 Å². The van der Waals surface area contributed by atoms with E-state index in [9.17, 15) is 8.76 Å². The first-order valence-corrected chi connectivity index (χ1v) is 10.5. The van der Waals surface area contributed by atoms with Crippen molar-refractivity contribution in [2.75, 3.05) is 0 Å². The van der Waals surface area contributed by atoms with Crippen LogP contribution in [0.15, 0.2) is 0 Å². The third-order valence-electron chi connectivity index (χ3n) is 4.28. The quantitative estimate of drug-likeness (QED) is 0.261. The zero-order chi connectivity index (χ0) is 15.8. The van der Waals surface area contributed by atoms with Gasteiger partial charge in [0.15, 0.2) is 11.1 Å². The van der Waals surface area contributed by atoms with Crippen LogP contribution in [0.25, 0.3) is 0 Å². The van der Waals surface area contributed by atoms with Crippen LogP contribution in [0.5, 0.6) is 0 Å². The van der Waals surface area contributed by atoms with Gasteiger partial charge in [0.05, 0.1) is 5.25 Å². The molecule has 0 aliphatic carbocycles. The van der Waals surface area contributed by atoms with Crippen LogP contribution in [-0.2, 0) is 11.1 Å². The first kappa shape index (κ1) is 21.1. The van der Waals surface area contributed by atoms with E-state index >= 15 is 0 Å². The van der Waals surface area contributed by atoms with Crippen LogP contribution in [0.1, 0.15) is 110 Å². The van der Waals surface area contributed by atoms with E-state index < -0.39 is 11.1 Å². The van der Waals surface area contributed by atoms with Crippen molar-refractivity contribution >= 4 is 11.1 Å². The van der Waals surface area contributed by atoms with Gasteiger partial charge in [-0.3, -0.25) is 0 Å². The maximum atomic E-state index is 11.1. The van der Waals surface area contributed by atoms with Gasteiger partial charge in [-0.15, -0.1) is 0 Å². The zero-order valence-corrected chi connectivity index (χ0v) is 15.3. The fourth-order valence-electron chi connectivity index (χ4n) is 2.88. The van der Waals surface area contributed by atoms with Gasteiger partial charge in [-0.2, -0.15) is 0 Å². The van der Waals surface area contributed by atoms with E-state index in [-0.39, 0.29) is 5.25 Å². The lowest BCUT2D eigenvalue weighted by atomic mass is 10.0. The lowest BCUT2D eigenvalue weighted by Crippen LogP contribution is -2.13. The van der Waals surface area contributed by atoms with E-state index in [0.29, 0.717) is 0 Å². The Balaban J connectivity index is 3.23. The molecular weight excluding hydrogens is 280 g/mol. The van der Waals surface area contributed by atoms with E-state index in [1.54, 1.807) is 0 Å². The van der Waals surface area contributed by atoms with Crippen molar-refractivity contribution in [1.29, 1.82) is 0 Å². The first-order chi connectivity index (χ1) is 10.2. The number of hydrogen-bond donors (Lipinski definition) is 1. The molecule has 2 unspecified atom stereocenters. The highest BCUT2D eigenvalue weighted by atomic mass is 32.2. The summed E-state index contributed by atoms with van der Waals surface area (Å²) in [4.78, 5) is 0. The smallest absolute Gasteiger partial charge is 0.155 e. The summed E-state index contributed by atoms with van der Waals surface area (Å²) in [6, 6.07) is 0. The summed E-state index contributed by atoms with van der Waals surface area (Å²) >= 11 is -1.62. The molecule has 2 atom stereocenters. The first-order valence-electron chi connectivity index (χ1n) is 9.32. The maximum Gasteiger partial charge on any atom is 0.155 e. The second-order valence-corrected chi connectivity index (χ2v) is 7.58. The summed E-state index contributed by atoms with van der Waals surface area (Å²) in [5, 5.41) is 0.0121. The fraction of sp³-hybridized carbons (Fsp3) is 1.00. The Morgan fingerprint density at radius 2 is 1.10 bits per heavy atom. The minimum Gasteiger partial charge on any atom is -0.306 e. The highest BCUT2D eigenvalue weighted by Crippen LogP contribution is 2.16. The highest BCUT2D eigenvalue weighted by molar-refractivity contribution is 7.79. The van der Waals surface area contributed by atoms with Gasteiger partial charge in [-0.25, -0.2) is 4.21 Å². The largest absolute Gasteiger partial charge is 0.306 e. The Bertz CT molecular complexity index is 231. The van der Waals surface area contributed by atoms with Crippen LogP contribution in [-0.4, -0.2) is 14.0 Å². The third-order valence-corrected chi connectivity index (χ3v) is 5.32. The zero-order valence-electron chi connectivity index (χ0n) is 14.4. The Morgan fingerprint density at radius 1 is 0.667 bits per heavy atom. The Hall–Kier alpha value is 0.110. The number of unbranched alkanes of at least 4 members (excludes halogenated alkanes) is 11. The lowest BCUT2D eigenvalue weighted by molar-refractivity contribution is 0.506. The van der Waals surface area contributed by atoms with Gasteiger partial charge >= 0.3 is 0 Å². The predicted octanol–water partition coefficient (Wildman–Crippen LogP) is 6.47. The second-order valence-electron chi connectivity index (χ2n) is 6.36. The summed E-state index contributed by atoms with van der Waals surface area (Å²) in [7, 11) is 0. The van der Waals surface area contributed by atoms with E-state index in [4.69, 9.17) is 0 Å². The molecular formula is C18H38O2S. The predicted molar refractivity (Wildman–Crippen MR) is 95.2 cm³/mol. The van der Waals surface area contributed by atoms with Crippen LogP contribution < -0.4 is 0 Å². The van der Waals surface area contributed by atoms with Crippen molar-refractivity contribution < 1.29 is 8.76 Å². The van der Waals surface area contributed by atoms with Crippen molar-refractivity contribution in [3.05, 3.63) is 0 Å². The Kier molecular flexibility index (Phi) is 16.6. The van der Waals surface area contributed by atoms with Gasteiger partial charge in [0.2, 0.25) is 0 Å². The molecule has 0 aromatic heterocycles. The molecule has 128 valence electrons. The molecule has 3 heteroatoms. The summed E-state index contributed by atoms with van der Waals surface area (Å²) < 4.78 is 20.3. The van der Waals surface area contributed by atoms with Crippen molar-refractivity contribution in [3.63, 3.8) is 0 Å². The molecule has 0 fully saturated rings. The van der Waals surface area contributed by atoms with Gasteiger partial charge in [-0.1, -0.05) is 97.3 Å². The van der Waals surface area contributed by atoms with Gasteiger partial charge in [0.25, 0.3) is 0 Å². The van der Waals surface area contributed by atoms with Gasteiger partial charge in [0.1, 0.15) is 0 Å². The van der Waals surface area contributed by atoms with Crippen LogP contribution in [0.2, 0.25) is 0 Å². The van der Waals surface area contributed by atoms with Crippen molar-refractivity contribution in [1.82, 2.24) is 0 Å². The molecule has 0 spiro atoms. The highest BCUT2D eigenvalue weighted by Gasteiger charge is 2.12. The summed E-state index contributed by atoms with van der Waals surface area (Å²) in [6.45, 7) is 4.35. The van der Waals surface area contributed by atoms with E-state index in [1.807, 2.05) is 0 Å². The summed E-state index contributed by atoms with van der Waals surface area (Å²) in [5.74, 6) is 0. The summed E-state index contributed by atoms with van der Waals surface area (Å²) in [6.07, 6.45) is 19.0. The topological polar surface area (TPSA) is 37.3 Å². The molecule has 0 aliphatic heterocycles. The maximum absolute atomic E-state index is 11.1. The fourth-order valence-corrected chi connectivity index (χ4v) is 3.69. The van der Waals surface area contributed by atoms with Gasteiger partial charge in [0, 0.05) is 0 Å². The standard InChI is InChI=1S/C18H38O2S/c1-3-5-6-7-8-9-10-11-12-13-14-15-17-18(16-4-2)21(19)20/h18H,3-17H2,1-2H3,(H,19,20). The van der Waals surface area contributed by atoms with Gasteiger partial charge < -0.3 is 4.55 Å². The third kappa shape index (κ3) is 14.8. The SMILES string of the molecule is CCCCCCCCCCCCCCC(CCC)S(=O)O. The van der Waals surface area contributed by atoms with Crippen molar-refractivity contribution in [2.24, 2.45) is 0 Å². The second kappa shape index (κ2) is 16.5. The summed E-state index contributed by atoms with van der Waals surface area (Å²) in [5.41, 5.74) is 0. The molecule has 21 heavy (non-hydrogen) atoms. The molecule has 0 aliphatic rings. The van der Waals surface area contributed by atoms with Crippen LogP contribution >= 0.6 is 0 Å². The molecule has 0 bridgehead atoms. The van der Waals surface area contributed by atoms with E-state index in [2.05, 4.69) is 13.8 Å². The molecule has 1 N–H and O–H groups in total. The Labute approximate surface area is 135 Å². The molecule has 0 rings (SSSR count). The average Bonchev–Trinajstić information content (AvgIpc) is 2.47. The molecule has 0 aromatic rings. The van der Waals surface area contributed by atoms with Gasteiger partial charge in [-0.05, 0) is 12.8 Å². The molecule has 2 nitrogen and oxygen atoms in total. The average molecular weight is 319 g/mol. The molecule has 0 heterocycles. The molecule has 0 saturated carbocycles.